The van der Waals surface area contributed by atoms with Gasteiger partial charge in [0.2, 0.25) is 5.91 Å². The van der Waals surface area contributed by atoms with Gasteiger partial charge in [-0.2, -0.15) is 0 Å². The molecule has 136 valence electrons. The van der Waals surface area contributed by atoms with E-state index in [2.05, 4.69) is 10.2 Å². The fourth-order valence-corrected chi connectivity index (χ4v) is 3.34. The van der Waals surface area contributed by atoms with Crippen LogP contribution in [0.2, 0.25) is 5.02 Å². The van der Waals surface area contributed by atoms with Crippen LogP contribution >= 0.6 is 11.6 Å². The number of carbonyl (C=O) groups is 2. The smallest absolute Gasteiger partial charge is 0.251 e. The van der Waals surface area contributed by atoms with Crippen molar-refractivity contribution in [2.24, 2.45) is 0 Å². The number of nitrogens with one attached hydrogen (secondary N) is 1. The Morgan fingerprint density at radius 2 is 1.58 bits per heavy atom. The molecule has 1 atom stereocenters. The van der Waals surface area contributed by atoms with Gasteiger partial charge in [-0.25, -0.2) is 0 Å². The fraction of sp³-hybridized carbons (Fsp3) is 0.300. The first-order valence-corrected chi connectivity index (χ1v) is 9.08. The Bertz CT molecular complexity index is 774. The predicted octanol–water partition coefficient (Wildman–Crippen LogP) is 2.81. The molecule has 1 heterocycles. The zero-order valence-electron chi connectivity index (χ0n) is 14.7. The van der Waals surface area contributed by atoms with E-state index in [0.717, 1.165) is 23.8 Å². The van der Waals surface area contributed by atoms with Crippen molar-refractivity contribution in [3.05, 3.63) is 65.2 Å². The van der Waals surface area contributed by atoms with Crippen molar-refractivity contribution in [3.8, 4) is 0 Å². The van der Waals surface area contributed by atoms with E-state index >= 15 is 0 Å². The van der Waals surface area contributed by atoms with Crippen LogP contribution in [-0.2, 0) is 4.79 Å². The first-order valence-electron chi connectivity index (χ1n) is 8.70. The number of hydrogen-bond acceptors (Lipinski definition) is 3. The molecular weight excluding hydrogens is 350 g/mol. The van der Waals surface area contributed by atoms with Gasteiger partial charge in [0.1, 0.15) is 6.04 Å². The molecule has 0 saturated carbocycles. The summed E-state index contributed by atoms with van der Waals surface area (Å²) in [5.41, 5.74) is 1.54. The van der Waals surface area contributed by atoms with Crippen LogP contribution in [0.1, 0.15) is 17.3 Å². The predicted molar refractivity (Wildman–Crippen MR) is 104 cm³/mol. The summed E-state index contributed by atoms with van der Waals surface area (Å²) in [4.78, 5) is 28.8. The number of nitrogens with zero attached hydrogens (tertiary/aromatic N) is 2. The van der Waals surface area contributed by atoms with Crippen molar-refractivity contribution in [3.63, 3.8) is 0 Å². The van der Waals surface area contributed by atoms with Gasteiger partial charge in [-0.1, -0.05) is 41.9 Å². The van der Waals surface area contributed by atoms with Crippen LogP contribution in [0.5, 0.6) is 0 Å². The second-order valence-electron chi connectivity index (χ2n) is 6.32. The molecule has 0 spiro atoms. The second-order valence-corrected chi connectivity index (χ2v) is 6.73. The Kier molecular flexibility index (Phi) is 5.78. The number of benzene rings is 2. The average molecular weight is 372 g/mol. The first-order chi connectivity index (χ1) is 12.6. The molecule has 1 unspecified atom stereocenters. The van der Waals surface area contributed by atoms with Crippen LogP contribution in [0.4, 0.5) is 5.69 Å². The van der Waals surface area contributed by atoms with Crippen molar-refractivity contribution in [2.75, 3.05) is 31.1 Å². The minimum atomic E-state index is -0.561. The summed E-state index contributed by atoms with van der Waals surface area (Å²) in [5, 5.41) is 3.50. The summed E-state index contributed by atoms with van der Waals surface area (Å²) in [6, 6.07) is 16.1. The van der Waals surface area contributed by atoms with Crippen molar-refractivity contribution in [2.45, 2.75) is 13.0 Å². The van der Waals surface area contributed by atoms with Crippen LogP contribution in [0.15, 0.2) is 54.6 Å². The number of amides is 2. The molecule has 1 saturated heterocycles. The molecule has 6 heteroatoms. The highest BCUT2D eigenvalue weighted by Gasteiger charge is 2.26. The monoisotopic (exact) mass is 371 g/mol. The molecule has 3 rings (SSSR count). The van der Waals surface area contributed by atoms with Crippen LogP contribution in [0.3, 0.4) is 0 Å². The zero-order valence-corrected chi connectivity index (χ0v) is 15.4. The number of hydrogen-bond donors (Lipinski definition) is 1. The topological polar surface area (TPSA) is 52.7 Å². The van der Waals surface area contributed by atoms with Crippen LogP contribution < -0.4 is 10.2 Å². The van der Waals surface area contributed by atoms with Crippen molar-refractivity contribution in [1.82, 2.24) is 10.2 Å². The van der Waals surface area contributed by atoms with Crippen LogP contribution in [-0.4, -0.2) is 48.9 Å². The highest BCUT2D eigenvalue weighted by atomic mass is 35.5. The standard InChI is InChI=1S/C20H22ClN3O2/c1-15(22-19(25)16-7-3-2-4-8-16)20(26)24-13-11-23(12-14-24)18-10-6-5-9-17(18)21/h2-10,15H,11-14H2,1H3,(H,22,25). The van der Waals surface area contributed by atoms with Crippen LogP contribution in [0, 0.1) is 0 Å². The van der Waals surface area contributed by atoms with Gasteiger partial charge in [-0.15, -0.1) is 0 Å². The van der Waals surface area contributed by atoms with Crippen molar-refractivity contribution < 1.29 is 9.59 Å². The van der Waals surface area contributed by atoms with Gasteiger partial charge in [-0.3, -0.25) is 9.59 Å². The molecule has 0 aromatic heterocycles. The third-order valence-corrected chi connectivity index (χ3v) is 4.86. The molecular formula is C20H22ClN3O2. The lowest BCUT2D eigenvalue weighted by molar-refractivity contribution is -0.133. The molecule has 1 N–H and O–H groups in total. The molecule has 0 bridgehead atoms. The molecule has 1 aliphatic heterocycles. The van der Waals surface area contributed by atoms with Gasteiger partial charge in [0.15, 0.2) is 0 Å². The summed E-state index contributed by atoms with van der Waals surface area (Å²) >= 11 is 6.25. The summed E-state index contributed by atoms with van der Waals surface area (Å²) in [7, 11) is 0. The lowest BCUT2D eigenvalue weighted by Gasteiger charge is -2.37. The highest BCUT2D eigenvalue weighted by molar-refractivity contribution is 6.33. The first kappa shape index (κ1) is 18.3. The van der Waals surface area contributed by atoms with E-state index in [1.54, 1.807) is 36.1 Å². The summed E-state index contributed by atoms with van der Waals surface area (Å²) < 4.78 is 0. The molecule has 1 aliphatic rings. The van der Waals surface area contributed by atoms with Gasteiger partial charge in [0, 0.05) is 31.7 Å². The Morgan fingerprint density at radius 3 is 2.23 bits per heavy atom. The third-order valence-electron chi connectivity index (χ3n) is 4.54. The van der Waals surface area contributed by atoms with E-state index in [-0.39, 0.29) is 11.8 Å². The number of anilines is 1. The Balaban J connectivity index is 1.55. The Morgan fingerprint density at radius 1 is 0.962 bits per heavy atom. The van der Waals surface area contributed by atoms with E-state index in [9.17, 15) is 9.59 Å². The minimum absolute atomic E-state index is 0.0620. The normalized spacial score (nSPS) is 15.5. The van der Waals surface area contributed by atoms with Crippen molar-refractivity contribution >= 4 is 29.1 Å². The number of piperazine rings is 1. The summed E-state index contributed by atoms with van der Waals surface area (Å²) in [6.45, 7) is 4.37. The Labute approximate surface area is 158 Å². The van der Waals surface area contributed by atoms with E-state index in [4.69, 9.17) is 11.6 Å². The van der Waals surface area contributed by atoms with E-state index in [1.165, 1.54) is 0 Å². The largest absolute Gasteiger partial charge is 0.367 e. The van der Waals surface area contributed by atoms with Gasteiger partial charge in [0.25, 0.3) is 5.91 Å². The van der Waals surface area contributed by atoms with Gasteiger partial charge >= 0.3 is 0 Å². The maximum absolute atomic E-state index is 12.6. The quantitative estimate of drug-likeness (QED) is 0.899. The molecule has 2 amide bonds. The maximum atomic E-state index is 12.6. The summed E-state index contributed by atoms with van der Waals surface area (Å²) in [5.74, 6) is -0.297. The van der Waals surface area contributed by atoms with Gasteiger partial charge < -0.3 is 15.1 Å². The maximum Gasteiger partial charge on any atom is 0.251 e. The molecule has 0 aliphatic carbocycles. The molecule has 0 radical (unpaired) electrons. The van der Waals surface area contributed by atoms with E-state index in [1.807, 2.05) is 30.3 Å². The SMILES string of the molecule is CC(NC(=O)c1ccccc1)C(=O)N1CCN(c2ccccc2Cl)CC1. The van der Waals surface area contributed by atoms with Gasteiger partial charge in [0.05, 0.1) is 10.7 Å². The molecule has 26 heavy (non-hydrogen) atoms. The fourth-order valence-electron chi connectivity index (χ4n) is 3.08. The molecule has 2 aromatic rings. The molecule has 5 nitrogen and oxygen atoms in total. The van der Waals surface area contributed by atoms with Gasteiger partial charge in [-0.05, 0) is 31.2 Å². The van der Waals surface area contributed by atoms with E-state index < -0.39 is 6.04 Å². The summed E-state index contributed by atoms with van der Waals surface area (Å²) in [6.07, 6.45) is 0. The molecule has 2 aromatic carbocycles. The van der Waals surface area contributed by atoms with Crippen molar-refractivity contribution in [1.29, 1.82) is 0 Å². The lowest BCUT2D eigenvalue weighted by Crippen LogP contribution is -2.54. The molecule has 1 fully saturated rings. The highest BCUT2D eigenvalue weighted by Crippen LogP contribution is 2.26. The zero-order chi connectivity index (χ0) is 18.5. The number of halogens is 1. The minimum Gasteiger partial charge on any atom is -0.367 e. The third kappa shape index (κ3) is 4.17. The number of rotatable bonds is 4. The van der Waals surface area contributed by atoms with Crippen LogP contribution in [0.25, 0.3) is 0 Å². The Hall–Kier alpha value is -2.53. The lowest BCUT2D eigenvalue weighted by atomic mass is 10.2. The number of carbonyl (C=O) groups excluding carboxylic acids is 2. The number of para-hydroxylation sites is 1. The van der Waals surface area contributed by atoms with E-state index in [0.29, 0.717) is 18.7 Å². The second kappa shape index (κ2) is 8.23. The average Bonchev–Trinajstić information content (AvgIpc) is 2.68.